The molecule has 6 nitrogen and oxygen atoms in total. The first-order chi connectivity index (χ1) is 9.40. The maximum Gasteiger partial charge on any atom is 0.245 e. The Morgan fingerprint density at radius 2 is 2.20 bits per heavy atom. The van der Waals surface area contributed by atoms with Crippen molar-refractivity contribution in [1.29, 1.82) is 0 Å². The van der Waals surface area contributed by atoms with E-state index < -0.39 is 5.41 Å². The lowest BCUT2D eigenvalue weighted by atomic mass is 9.94. The second kappa shape index (κ2) is 7.28. The molecule has 0 bridgehead atoms. The van der Waals surface area contributed by atoms with Crippen LogP contribution < -0.4 is 5.32 Å². The quantitative estimate of drug-likeness (QED) is 0.783. The summed E-state index contributed by atoms with van der Waals surface area (Å²) < 4.78 is 4.62. The fourth-order valence-corrected chi connectivity index (χ4v) is 1.75. The zero-order chi connectivity index (χ0) is 15.2. The van der Waals surface area contributed by atoms with E-state index in [4.69, 9.17) is 11.6 Å². The van der Waals surface area contributed by atoms with Crippen LogP contribution in [-0.2, 0) is 9.59 Å². The van der Waals surface area contributed by atoms with Gasteiger partial charge in [-0.2, -0.15) is 0 Å². The van der Waals surface area contributed by atoms with Crippen LogP contribution in [0.5, 0.6) is 0 Å². The number of alkyl halides is 1. The summed E-state index contributed by atoms with van der Waals surface area (Å²) >= 11 is 5.81. The van der Waals surface area contributed by atoms with Gasteiger partial charge in [0.25, 0.3) is 0 Å². The van der Waals surface area contributed by atoms with Gasteiger partial charge < -0.3 is 14.7 Å². The molecule has 0 aromatic carbocycles. The van der Waals surface area contributed by atoms with Crippen LogP contribution in [0, 0.1) is 5.41 Å². The van der Waals surface area contributed by atoms with Crippen LogP contribution in [0.15, 0.2) is 16.9 Å². The van der Waals surface area contributed by atoms with Gasteiger partial charge in [-0.25, -0.2) is 0 Å². The van der Waals surface area contributed by atoms with Crippen molar-refractivity contribution in [3.8, 4) is 0 Å². The standard InChI is InChI=1S/C13H20ClN3O3/c1-4-6-17(12(19)13(2,3)9-14)8-11(18)15-10-5-7-20-16-10/h5,7H,4,6,8-9H2,1-3H3,(H,15,16,18). The van der Waals surface area contributed by atoms with Gasteiger partial charge in [-0.3, -0.25) is 9.59 Å². The third-order valence-electron chi connectivity index (χ3n) is 2.73. The molecule has 0 radical (unpaired) electrons. The first kappa shape index (κ1) is 16.5. The van der Waals surface area contributed by atoms with E-state index in [1.807, 2.05) is 6.92 Å². The fraction of sp³-hybridized carbons (Fsp3) is 0.615. The highest BCUT2D eigenvalue weighted by Crippen LogP contribution is 2.21. The Kier molecular flexibility index (Phi) is 6.01. The minimum absolute atomic E-state index is 0.0279. The summed E-state index contributed by atoms with van der Waals surface area (Å²) in [5.41, 5.74) is -0.690. The maximum atomic E-state index is 12.4. The lowest BCUT2D eigenvalue weighted by Gasteiger charge is -2.29. The molecule has 0 aliphatic carbocycles. The van der Waals surface area contributed by atoms with Crippen molar-refractivity contribution < 1.29 is 14.1 Å². The van der Waals surface area contributed by atoms with Crippen LogP contribution in [0.2, 0.25) is 0 Å². The SMILES string of the molecule is CCCN(CC(=O)Nc1ccon1)C(=O)C(C)(C)CCl. The molecule has 0 spiro atoms. The summed E-state index contributed by atoms with van der Waals surface area (Å²) in [7, 11) is 0. The highest BCUT2D eigenvalue weighted by molar-refractivity contribution is 6.19. The van der Waals surface area contributed by atoms with Crippen molar-refractivity contribution in [2.75, 3.05) is 24.3 Å². The average Bonchev–Trinajstić information content (AvgIpc) is 2.90. The summed E-state index contributed by atoms with van der Waals surface area (Å²) in [5.74, 6) is 0.0861. The van der Waals surface area contributed by atoms with E-state index in [2.05, 4.69) is 15.0 Å². The van der Waals surface area contributed by atoms with Crippen molar-refractivity contribution >= 4 is 29.2 Å². The lowest BCUT2D eigenvalue weighted by Crippen LogP contribution is -2.45. The molecular weight excluding hydrogens is 282 g/mol. The number of nitrogens with zero attached hydrogens (tertiary/aromatic N) is 2. The Morgan fingerprint density at radius 3 is 2.70 bits per heavy atom. The van der Waals surface area contributed by atoms with Crippen molar-refractivity contribution in [2.45, 2.75) is 27.2 Å². The molecule has 2 amide bonds. The number of anilines is 1. The number of rotatable bonds is 7. The summed E-state index contributed by atoms with van der Waals surface area (Å²) in [6.45, 7) is 5.95. The predicted molar refractivity (Wildman–Crippen MR) is 76.5 cm³/mol. The van der Waals surface area contributed by atoms with Gasteiger partial charge in [0.1, 0.15) is 6.26 Å². The van der Waals surface area contributed by atoms with Crippen LogP contribution in [0.4, 0.5) is 5.82 Å². The van der Waals surface area contributed by atoms with E-state index in [1.165, 1.54) is 17.2 Å². The van der Waals surface area contributed by atoms with Gasteiger partial charge in [-0.1, -0.05) is 12.1 Å². The Hall–Kier alpha value is -1.56. The van der Waals surface area contributed by atoms with Crippen LogP contribution in [0.1, 0.15) is 27.2 Å². The fourth-order valence-electron chi connectivity index (χ4n) is 1.64. The van der Waals surface area contributed by atoms with Gasteiger partial charge in [0, 0.05) is 18.5 Å². The molecule has 7 heteroatoms. The number of carbonyl (C=O) groups excluding carboxylic acids is 2. The molecule has 0 fully saturated rings. The largest absolute Gasteiger partial charge is 0.363 e. The molecule has 0 aliphatic heterocycles. The van der Waals surface area contributed by atoms with Gasteiger partial charge in [-0.15, -0.1) is 11.6 Å². The molecule has 1 aromatic rings. The Morgan fingerprint density at radius 1 is 1.50 bits per heavy atom. The highest BCUT2D eigenvalue weighted by Gasteiger charge is 2.31. The first-order valence-electron chi connectivity index (χ1n) is 6.46. The van der Waals surface area contributed by atoms with Crippen molar-refractivity contribution in [3.63, 3.8) is 0 Å². The van der Waals surface area contributed by atoms with Crippen LogP contribution >= 0.6 is 11.6 Å². The Bertz CT molecular complexity index is 446. The molecule has 0 saturated carbocycles. The van der Waals surface area contributed by atoms with E-state index in [1.54, 1.807) is 13.8 Å². The minimum Gasteiger partial charge on any atom is -0.363 e. The second-order valence-electron chi connectivity index (χ2n) is 5.18. The Balaban J connectivity index is 2.67. The molecule has 0 saturated heterocycles. The zero-order valence-electron chi connectivity index (χ0n) is 12.0. The second-order valence-corrected chi connectivity index (χ2v) is 5.44. The van der Waals surface area contributed by atoms with Gasteiger partial charge in [0.15, 0.2) is 5.82 Å². The molecule has 1 aromatic heterocycles. The minimum atomic E-state index is -0.690. The highest BCUT2D eigenvalue weighted by atomic mass is 35.5. The Labute approximate surface area is 123 Å². The van der Waals surface area contributed by atoms with Gasteiger partial charge in [0.2, 0.25) is 11.8 Å². The number of nitrogens with one attached hydrogen (secondary N) is 1. The van der Waals surface area contributed by atoms with Gasteiger partial charge in [0.05, 0.1) is 12.0 Å². The monoisotopic (exact) mass is 301 g/mol. The summed E-state index contributed by atoms with van der Waals surface area (Å²) in [6, 6.07) is 1.53. The van der Waals surface area contributed by atoms with E-state index in [0.29, 0.717) is 12.4 Å². The number of carbonyl (C=O) groups is 2. The van der Waals surface area contributed by atoms with Crippen LogP contribution in [-0.4, -0.2) is 40.8 Å². The smallest absolute Gasteiger partial charge is 0.245 e. The number of aromatic nitrogens is 1. The summed E-state index contributed by atoms with van der Waals surface area (Å²) in [5, 5.41) is 6.15. The maximum absolute atomic E-state index is 12.4. The molecule has 0 unspecified atom stereocenters. The molecule has 1 rings (SSSR count). The third kappa shape index (κ3) is 4.52. The number of amides is 2. The number of hydrogen-bond donors (Lipinski definition) is 1. The number of hydrogen-bond acceptors (Lipinski definition) is 4. The van der Waals surface area contributed by atoms with Crippen LogP contribution in [0.3, 0.4) is 0 Å². The normalized spacial score (nSPS) is 11.2. The molecule has 1 heterocycles. The lowest BCUT2D eigenvalue weighted by molar-refractivity contribution is -0.141. The molecule has 20 heavy (non-hydrogen) atoms. The molecule has 0 aliphatic rings. The average molecular weight is 302 g/mol. The predicted octanol–water partition coefficient (Wildman–Crippen LogP) is 2.12. The number of halogens is 1. The molecule has 112 valence electrons. The molecule has 1 N–H and O–H groups in total. The topological polar surface area (TPSA) is 75.4 Å². The third-order valence-corrected chi connectivity index (χ3v) is 3.40. The van der Waals surface area contributed by atoms with Crippen molar-refractivity contribution in [1.82, 2.24) is 10.1 Å². The summed E-state index contributed by atoms with van der Waals surface area (Å²) in [4.78, 5) is 25.8. The first-order valence-corrected chi connectivity index (χ1v) is 6.99. The van der Waals surface area contributed by atoms with Crippen molar-refractivity contribution in [3.05, 3.63) is 12.3 Å². The van der Waals surface area contributed by atoms with Crippen LogP contribution in [0.25, 0.3) is 0 Å². The van der Waals surface area contributed by atoms with E-state index in [0.717, 1.165) is 6.42 Å². The molecule has 0 atom stereocenters. The van der Waals surface area contributed by atoms with E-state index in [9.17, 15) is 9.59 Å². The van der Waals surface area contributed by atoms with E-state index >= 15 is 0 Å². The van der Waals surface area contributed by atoms with Gasteiger partial charge in [-0.05, 0) is 20.3 Å². The molecular formula is C13H20ClN3O3. The zero-order valence-corrected chi connectivity index (χ0v) is 12.7. The van der Waals surface area contributed by atoms with Gasteiger partial charge >= 0.3 is 0 Å². The van der Waals surface area contributed by atoms with Crippen molar-refractivity contribution in [2.24, 2.45) is 5.41 Å². The summed E-state index contributed by atoms with van der Waals surface area (Å²) in [6.07, 6.45) is 2.13. The van der Waals surface area contributed by atoms with E-state index in [-0.39, 0.29) is 24.2 Å².